The lowest BCUT2D eigenvalue weighted by molar-refractivity contribution is -0.117. The maximum Gasteiger partial charge on any atom is 0.243 e. The third-order valence-corrected chi connectivity index (χ3v) is 8.14. The van der Waals surface area contributed by atoms with Crippen LogP contribution in [0.1, 0.15) is 21.6 Å². The Bertz CT molecular complexity index is 1040. The van der Waals surface area contributed by atoms with E-state index in [2.05, 4.69) is 11.4 Å². The maximum atomic E-state index is 12.8. The molecule has 0 saturated carbocycles. The monoisotopic (exact) mass is 432 g/mol. The van der Waals surface area contributed by atoms with Crippen molar-refractivity contribution in [1.29, 1.82) is 5.26 Å². The normalized spacial score (nSPS) is 15.8. The van der Waals surface area contributed by atoms with E-state index in [-0.39, 0.29) is 12.5 Å². The van der Waals surface area contributed by atoms with Gasteiger partial charge in [-0.05, 0) is 38.5 Å². The summed E-state index contributed by atoms with van der Waals surface area (Å²) in [6, 6.07) is 8.98. The summed E-state index contributed by atoms with van der Waals surface area (Å²) in [7, 11) is -3.52. The van der Waals surface area contributed by atoms with Gasteiger partial charge in [0, 0.05) is 31.1 Å². The molecule has 1 aliphatic rings. The van der Waals surface area contributed by atoms with Gasteiger partial charge in [-0.3, -0.25) is 9.69 Å². The minimum atomic E-state index is -3.52. The number of nitriles is 1. The maximum absolute atomic E-state index is 12.8. The minimum Gasteiger partial charge on any atom is -0.315 e. The highest BCUT2D eigenvalue weighted by Crippen LogP contribution is 2.31. The summed E-state index contributed by atoms with van der Waals surface area (Å²) in [6.07, 6.45) is 0. The molecular weight excluding hydrogens is 408 g/mol. The van der Waals surface area contributed by atoms with Crippen molar-refractivity contribution in [2.75, 3.05) is 38.0 Å². The van der Waals surface area contributed by atoms with E-state index < -0.39 is 10.0 Å². The number of hydrogen-bond acceptors (Lipinski definition) is 6. The fourth-order valence-electron chi connectivity index (χ4n) is 3.21. The number of carbonyl (C=O) groups is 1. The first-order valence-electron chi connectivity index (χ1n) is 9.31. The van der Waals surface area contributed by atoms with Gasteiger partial charge in [0.2, 0.25) is 15.9 Å². The van der Waals surface area contributed by atoms with Gasteiger partial charge in [-0.1, -0.05) is 17.7 Å². The second-order valence-corrected chi connectivity index (χ2v) is 10.3. The summed E-state index contributed by atoms with van der Waals surface area (Å²) in [5.74, 6) is -0.197. The number of sulfonamides is 1. The molecule has 7 nitrogen and oxygen atoms in total. The van der Waals surface area contributed by atoms with E-state index in [4.69, 9.17) is 0 Å². The largest absolute Gasteiger partial charge is 0.315 e. The molecule has 0 atom stereocenters. The van der Waals surface area contributed by atoms with E-state index >= 15 is 0 Å². The molecule has 0 radical (unpaired) electrons. The fourth-order valence-corrected chi connectivity index (χ4v) is 5.66. The van der Waals surface area contributed by atoms with E-state index in [0.29, 0.717) is 41.6 Å². The van der Waals surface area contributed by atoms with Gasteiger partial charge in [0.1, 0.15) is 11.1 Å². The van der Waals surface area contributed by atoms with Gasteiger partial charge in [0.15, 0.2) is 0 Å². The Labute approximate surface area is 175 Å². The number of nitrogens with one attached hydrogen (secondary N) is 1. The van der Waals surface area contributed by atoms with E-state index in [9.17, 15) is 18.5 Å². The Morgan fingerprint density at radius 1 is 1.14 bits per heavy atom. The summed E-state index contributed by atoms with van der Waals surface area (Å²) in [6.45, 7) is 7.50. The number of amides is 1. The van der Waals surface area contributed by atoms with Crippen molar-refractivity contribution in [3.63, 3.8) is 0 Å². The molecule has 1 aromatic carbocycles. The van der Waals surface area contributed by atoms with Crippen molar-refractivity contribution >= 4 is 32.3 Å². The van der Waals surface area contributed by atoms with Gasteiger partial charge in [0.05, 0.1) is 17.0 Å². The number of aryl methyl sites for hydroxylation is 2. The first-order chi connectivity index (χ1) is 13.7. The summed E-state index contributed by atoms with van der Waals surface area (Å²) in [5.41, 5.74) is 2.41. The number of anilines is 1. The standard InChI is InChI=1S/C20H24N4O3S2/c1-14-4-6-17(7-5-14)29(26,27)24-10-8-23(9-11-24)13-19(25)22-20-18(12-21)15(2)16(3)28-20/h4-7H,8-11,13H2,1-3H3,(H,22,25). The third-order valence-electron chi connectivity index (χ3n) is 5.11. The van der Waals surface area contributed by atoms with Crippen LogP contribution in [0.5, 0.6) is 0 Å². The van der Waals surface area contributed by atoms with E-state index in [1.165, 1.54) is 15.6 Å². The van der Waals surface area contributed by atoms with Crippen LogP contribution in [0.15, 0.2) is 29.2 Å². The molecule has 2 heterocycles. The fraction of sp³-hybridized carbons (Fsp3) is 0.400. The second kappa shape index (κ2) is 8.63. The number of hydrogen-bond donors (Lipinski definition) is 1. The summed E-state index contributed by atoms with van der Waals surface area (Å²) >= 11 is 1.40. The molecule has 0 spiro atoms. The van der Waals surface area contributed by atoms with Crippen molar-refractivity contribution in [2.45, 2.75) is 25.7 Å². The number of benzene rings is 1. The Balaban J connectivity index is 1.57. The summed E-state index contributed by atoms with van der Waals surface area (Å²) < 4.78 is 27.0. The first kappa shape index (κ1) is 21.5. The molecule has 1 N–H and O–H groups in total. The molecule has 1 amide bonds. The molecular formula is C20H24N4O3S2. The molecule has 1 aliphatic heterocycles. The summed E-state index contributed by atoms with van der Waals surface area (Å²) in [4.78, 5) is 15.6. The van der Waals surface area contributed by atoms with Gasteiger partial charge < -0.3 is 5.32 Å². The quantitative estimate of drug-likeness (QED) is 0.783. The van der Waals surface area contributed by atoms with Crippen LogP contribution in [0.3, 0.4) is 0 Å². The highest BCUT2D eigenvalue weighted by Gasteiger charge is 2.29. The Hall–Kier alpha value is -2.25. The van der Waals surface area contributed by atoms with Crippen molar-refractivity contribution in [2.24, 2.45) is 0 Å². The molecule has 3 rings (SSSR count). The van der Waals surface area contributed by atoms with Crippen molar-refractivity contribution in [3.8, 4) is 6.07 Å². The molecule has 0 aliphatic carbocycles. The lowest BCUT2D eigenvalue weighted by Crippen LogP contribution is -2.50. The molecule has 1 saturated heterocycles. The Kier molecular flexibility index (Phi) is 6.39. The average molecular weight is 433 g/mol. The minimum absolute atomic E-state index is 0.166. The zero-order valence-electron chi connectivity index (χ0n) is 16.7. The summed E-state index contributed by atoms with van der Waals surface area (Å²) in [5, 5.41) is 12.7. The number of nitrogens with zero attached hydrogens (tertiary/aromatic N) is 3. The van der Waals surface area contributed by atoms with Crippen LogP contribution in [0.25, 0.3) is 0 Å². The van der Waals surface area contributed by atoms with Crippen LogP contribution in [0.2, 0.25) is 0 Å². The molecule has 1 fully saturated rings. The Morgan fingerprint density at radius 3 is 2.34 bits per heavy atom. The zero-order valence-corrected chi connectivity index (χ0v) is 18.4. The zero-order chi connectivity index (χ0) is 21.2. The Morgan fingerprint density at radius 2 is 1.76 bits per heavy atom. The number of carbonyl (C=O) groups excluding carboxylic acids is 1. The lowest BCUT2D eigenvalue weighted by Gasteiger charge is -2.33. The number of piperazine rings is 1. The molecule has 9 heteroatoms. The van der Waals surface area contributed by atoms with Gasteiger partial charge >= 0.3 is 0 Å². The second-order valence-electron chi connectivity index (χ2n) is 7.14. The van der Waals surface area contributed by atoms with E-state index in [1.807, 2.05) is 25.7 Å². The molecule has 154 valence electrons. The first-order valence-corrected chi connectivity index (χ1v) is 11.6. The molecule has 29 heavy (non-hydrogen) atoms. The third kappa shape index (κ3) is 4.67. The van der Waals surface area contributed by atoms with Crippen molar-refractivity contribution in [3.05, 3.63) is 45.8 Å². The van der Waals surface area contributed by atoms with Gasteiger partial charge in [-0.2, -0.15) is 9.57 Å². The van der Waals surface area contributed by atoms with E-state index in [1.54, 1.807) is 24.3 Å². The highest BCUT2D eigenvalue weighted by molar-refractivity contribution is 7.89. The van der Waals surface area contributed by atoms with Crippen LogP contribution >= 0.6 is 11.3 Å². The van der Waals surface area contributed by atoms with Crippen LogP contribution in [0.4, 0.5) is 5.00 Å². The number of rotatable bonds is 5. The topological polar surface area (TPSA) is 93.5 Å². The molecule has 0 unspecified atom stereocenters. The number of thiophene rings is 1. The van der Waals surface area contributed by atoms with Gasteiger partial charge in [0.25, 0.3) is 0 Å². The molecule has 0 bridgehead atoms. The van der Waals surface area contributed by atoms with Crippen LogP contribution in [0, 0.1) is 32.1 Å². The van der Waals surface area contributed by atoms with Gasteiger partial charge in [-0.15, -0.1) is 11.3 Å². The predicted octanol–water partition coefficient (Wildman–Crippen LogP) is 2.49. The van der Waals surface area contributed by atoms with Crippen LogP contribution < -0.4 is 5.32 Å². The molecule has 1 aromatic heterocycles. The molecule has 2 aromatic rings. The smallest absolute Gasteiger partial charge is 0.243 e. The van der Waals surface area contributed by atoms with Crippen molar-refractivity contribution in [1.82, 2.24) is 9.21 Å². The van der Waals surface area contributed by atoms with Crippen LogP contribution in [-0.4, -0.2) is 56.3 Å². The highest BCUT2D eigenvalue weighted by atomic mass is 32.2. The SMILES string of the molecule is Cc1ccc(S(=O)(=O)N2CCN(CC(=O)Nc3sc(C)c(C)c3C#N)CC2)cc1. The van der Waals surface area contributed by atoms with E-state index in [0.717, 1.165) is 16.0 Å². The van der Waals surface area contributed by atoms with Gasteiger partial charge in [-0.25, -0.2) is 8.42 Å². The average Bonchev–Trinajstić information content (AvgIpc) is 2.95. The lowest BCUT2D eigenvalue weighted by atomic mass is 10.2. The predicted molar refractivity (Wildman–Crippen MR) is 114 cm³/mol. The van der Waals surface area contributed by atoms with Crippen molar-refractivity contribution < 1.29 is 13.2 Å². The van der Waals surface area contributed by atoms with Crippen LogP contribution in [-0.2, 0) is 14.8 Å².